The molecule has 26 heavy (non-hydrogen) atoms. The first-order valence-electron chi connectivity index (χ1n) is 8.05. The van der Waals surface area contributed by atoms with Crippen molar-refractivity contribution in [3.05, 3.63) is 88.7 Å². The van der Waals surface area contributed by atoms with Crippen LogP contribution in [0.15, 0.2) is 67.0 Å². The van der Waals surface area contributed by atoms with E-state index in [1.54, 1.807) is 24.3 Å². The Morgan fingerprint density at radius 3 is 2.54 bits per heavy atom. The van der Waals surface area contributed by atoms with Gasteiger partial charge in [-0.2, -0.15) is 0 Å². The number of nitrogens with zero attached hydrogens (tertiary/aromatic N) is 1. The number of methoxy groups -OCH3 is 1. The molecule has 5 heteroatoms. The molecule has 1 aromatic heterocycles. The molecule has 0 bridgehead atoms. The van der Waals surface area contributed by atoms with Gasteiger partial charge in [0.15, 0.2) is 5.78 Å². The predicted molar refractivity (Wildman–Crippen MR) is 103 cm³/mol. The first-order valence-corrected chi connectivity index (χ1v) is 8.43. The van der Waals surface area contributed by atoms with Crippen molar-refractivity contribution in [3.8, 4) is 11.5 Å². The molecule has 1 N–H and O–H groups in total. The lowest BCUT2D eigenvalue weighted by molar-refractivity contribution is 0.104. The zero-order chi connectivity index (χ0) is 18.5. The fourth-order valence-electron chi connectivity index (χ4n) is 2.63. The van der Waals surface area contributed by atoms with Crippen molar-refractivity contribution in [3.63, 3.8) is 0 Å². The first kappa shape index (κ1) is 17.8. The van der Waals surface area contributed by atoms with Gasteiger partial charge in [-0.1, -0.05) is 29.8 Å². The summed E-state index contributed by atoms with van der Waals surface area (Å²) in [6, 6.07) is 14.1. The second-order valence-corrected chi connectivity index (χ2v) is 6.22. The Balaban J connectivity index is 1.88. The van der Waals surface area contributed by atoms with Gasteiger partial charge in [-0.05, 0) is 42.0 Å². The van der Waals surface area contributed by atoms with E-state index in [1.165, 1.54) is 19.3 Å². The Morgan fingerprint density at radius 1 is 1.19 bits per heavy atom. The molecular formula is C21H18ClNO3. The summed E-state index contributed by atoms with van der Waals surface area (Å²) < 4.78 is 7.30. The molecule has 2 aromatic carbocycles. The van der Waals surface area contributed by atoms with Gasteiger partial charge in [-0.3, -0.25) is 4.79 Å². The third kappa shape index (κ3) is 4.16. The van der Waals surface area contributed by atoms with E-state index in [1.807, 2.05) is 41.2 Å². The summed E-state index contributed by atoms with van der Waals surface area (Å²) in [5, 5.41) is 10.9. The van der Waals surface area contributed by atoms with Crippen LogP contribution < -0.4 is 4.74 Å². The molecule has 0 atom stereocenters. The molecule has 0 aliphatic carbocycles. The maximum Gasteiger partial charge on any atom is 0.189 e. The van der Waals surface area contributed by atoms with Crippen LogP contribution in [-0.4, -0.2) is 22.6 Å². The van der Waals surface area contributed by atoms with Crippen molar-refractivity contribution in [1.29, 1.82) is 0 Å². The number of phenolic OH excluding ortho intramolecular Hbond substituents is 1. The van der Waals surface area contributed by atoms with Crippen LogP contribution in [0.3, 0.4) is 0 Å². The molecule has 3 rings (SSSR count). The average Bonchev–Trinajstić information content (AvgIpc) is 3.15. The SMILES string of the molecule is COc1cc(O)c(C(=O)/C=C/c2ccc(Cl)cc2)cc1Cn1cccc1. The Labute approximate surface area is 156 Å². The second-order valence-electron chi connectivity index (χ2n) is 5.79. The van der Waals surface area contributed by atoms with Crippen molar-refractivity contribution in [2.45, 2.75) is 6.54 Å². The molecular weight excluding hydrogens is 350 g/mol. The lowest BCUT2D eigenvalue weighted by atomic mass is 10.0. The van der Waals surface area contributed by atoms with Crippen LogP contribution in [0.25, 0.3) is 6.08 Å². The van der Waals surface area contributed by atoms with E-state index in [0.29, 0.717) is 17.3 Å². The van der Waals surface area contributed by atoms with Crippen molar-refractivity contribution in [2.75, 3.05) is 7.11 Å². The minimum Gasteiger partial charge on any atom is -0.507 e. The minimum atomic E-state index is -0.283. The van der Waals surface area contributed by atoms with Gasteiger partial charge in [0.1, 0.15) is 11.5 Å². The predicted octanol–water partition coefficient (Wildman–Crippen LogP) is 4.80. The molecule has 0 saturated carbocycles. The van der Waals surface area contributed by atoms with Crippen LogP contribution in [0.5, 0.6) is 11.5 Å². The van der Waals surface area contributed by atoms with E-state index in [9.17, 15) is 9.90 Å². The summed E-state index contributed by atoms with van der Waals surface area (Å²) in [6.07, 6.45) is 6.97. The highest BCUT2D eigenvalue weighted by atomic mass is 35.5. The third-order valence-electron chi connectivity index (χ3n) is 3.98. The van der Waals surface area contributed by atoms with Gasteiger partial charge in [-0.25, -0.2) is 0 Å². The number of aromatic nitrogens is 1. The van der Waals surface area contributed by atoms with Crippen LogP contribution in [0.2, 0.25) is 5.02 Å². The zero-order valence-corrected chi connectivity index (χ0v) is 15.0. The number of benzene rings is 2. The Hall–Kier alpha value is -2.98. The van der Waals surface area contributed by atoms with Crippen LogP contribution in [0.1, 0.15) is 21.5 Å². The highest BCUT2D eigenvalue weighted by molar-refractivity contribution is 6.30. The smallest absolute Gasteiger partial charge is 0.189 e. The Bertz CT molecular complexity index is 929. The van der Waals surface area contributed by atoms with Crippen molar-refractivity contribution < 1.29 is 14.6 Å². The average molecular weight is 368 g/mol. The van der Waals surface area contributed by atoms with Crippen LogP contribution in [0.4, 0.5) is 0 Å². The Morgan fingerprint density at radius 2 is 1.88 bits per heavy atom. The molecule has 0 saturated heterocycles. The number of halogens is 1. The highest BCUT2D eigenvalue weighted by Gasteiger charge is 2.14. The number of phenols is 1. The van der Waals surface area contributed by atoms with Crippen molar-refractivity contribution in [1.82, 2.24) is 4.57 Å². The fraction of sp³-hybridized carbons (Fsp3) is 0.0952. The monoisotopic (exact) mass is 367 g/mol. The maximum absolute atomic E-state index is 12.5. The van der Waals surface area contributed by atoms with Gasteiger partial charge in [0.25, 0.3) is 0 Å². The zero-order valence-electron chi connectivity index (χ0n) is 14.2. The summed E-state index contributed by atoms with van der Waals surface area (Å²) >= 11 is 5.86. The van der Waals surface area contributed by atoms with Crippen molar-refractivity contribution >= 4 is 23.5 Å². The summed E-state index contributed by atoms with van der Waals surface area (Å²) in [5.41, 5.74) is 1.89. The first-order chi connectivity index (χ1) is 12.6. The van der Waals surface area contributed by atoms with Gasteiger partial charge in [0.2, 0.25) is 0 Å². The largest absolute Gasteiger partial charge is 0.507 e. The molecule has 0 aliphatic heterocycles. The Kier molecular flexibility index (Phi) is 5.44. The number of carbonyl (C=O) groups excluding carboxylic acids is 1. The lowest BCUT2D eigenvalue weighted by Crippen LogP contribution is -2.03. The highest BCUT2D eigenvalue weighted by Crippen LogP contribution is 2.29. The standard InChI is InChI=1S/C21H18ClNO3/c1-26-21-13-20(25)18(12-16(21)14-23-10-2-3-11-23)19(24)9-6-15-4-7-17(22)8-5-15/h2-13,25H,14H2,1H3/b9-6+. The maximum atomic E-state index is 12.5. The van der Waals surface area contributed by atoms with E-state index in [2.05, 4.69) is 0 Å². The van der Waals surface area contributed by atoms with Crippen LogP contribution in [-0.2, 0) is 6.54 Å². The molecule has 0 unspecified atom stereocenters. The van der Waals surface area contributed by atoms with E-state index >= 15 is 0 Å². The molecule has 132 valence electrons. The van der Waals surface area contributed by atoms with Crippen molar-refractivity contribution in [2.24, 2.45) is 0 Å². The van der Waals surface area contributed by atoms with E-state index < -0.39 is 0 Å². The van der Waals surface area contributed by atoms with Gasteiger partial charge in [-0.15, -0.1) is 0 Å². The number of hydrogen-bond acceptors (Lipinski definition) is 3. The number of carbonyl (C=O) groups is 1. The fourth-order valence-corrected chi connectivity index (χ4v) is 2.76. The summed E-state index contributed by atoms with van der Waals surface area (Å²) in [4.78, 5) is 12.5. The number of allylic oxidation sites excluding steroid dienone is 1. The van der Waals surface area contributed by atoms with E-state index in [4.69, 9.17) is 16.3 Å². The van der Waals surface area contributed by atoms with Crippen LogP contribution in [0, 0.1) is 0 Å². The molecule has 0 spiro atoms. The molecule has 0 amide bonds. The van der Waals surface area contributed by atoms with Crippen LogP contribution >= 0.6 is 11.6 Å². The van der Waals surface area contributed by atoms with E-state index in [0.717, 1.165) is 11.1 Å². The van der Waals surface area contributed by atoms with E-state index in [-0.39, 0.29) is 17.1 Å². The summed E-state index contributed by atoms with van der Waals surface area (Å²) in [7, 11) is 1.54. The number of rotatable bonds is 6. The number of hydrogen-bond donors (Lipinski definition) is 1. The van der Waals surface area contributed by atoms with Gasteiger partial charge < -0.3 is 14.4 Å². The molecule has 1 heterocycles. The number of aromatic hydroxyl groups is 1. The van der Waals surface area contributed by atoms with Gasteiger partial charge in [0.05, 0.1) is 19.2 Å². The molecule has 0 fully saturated rings. The molecule has 3 aromatic rings. The topological polar surface area (TPSA) is 51.5 Å². The molecule has 0 aliphatic rings. The minimum absolute atomic E-state index is 0.108. The number of ether oxygens (including phenoxy) is 1. The normalized spacial score (nSPS) is 11.0. The quantitative estimate of drug-likeness (QED) is 0.503. The third-order valence-corrected chi connectivity index (χ3v) is 4.23. The summed E-state index contributed by atoms with van der Waals surface area (Å²) in [6.45, 7) is 0.539. The second kappa shape index (κ2) is 7.93. The molecule has 4 nitrogen and oxygen atoms in total. The summed E-state index contributed by atoms with van der Waals surface area (Å²) in [5.74, 6) is 0.146. The number of ketones is 1. The lowest BCUT2D eigenvalue weighted by Gasteiger charge is -2.12. The van der Waals surface area contributed by atoms with Gasteiger partial charge in [0, 0.05) is 29.0 Å². The van der Waals surface area contributed by atoms with Gasteiger partial charge >= 0.3 is 0 Å². The molecule has 0 radical (unpaired) electrons.